The van der Waals surface area contributed by atoms with Gasteiger partial charge in [0.2, 0.25) is 5.91 Å². The average Bonchev–Trinajstić information content (AvgIpc) is 3.40. The summed E-state index contributed by atoms with van der Waals surface area (Å²) in [6.07, 6.45) is 8.95. The summed E-state index contributed by atoms with van der Waals surface area (Å²) in [4.78, 5) is 13.0. The van der Waals surface area contributed by atoms with E-state index < -0.39 is 0 Å². The lowest BCUT2D eigenvalue weighted by Crippen LogP contribution is -2.28. The number of fused-ring (bicyclic) bond motifs is 5. The van der Waals surface area contributed by atoms with Gasteiger partial charge >= 0.3 is 0 Å². The number of ether oxygens (including phenoxy) is 2. The molecule has 3 rings (SSSR count). The van der Waals surface area contributed by atoms with Crippen molar-refractivity contribution < 1.29 is 14.3 Å². The van der Waals surface area contributed by atoms with E-state index in [0.29, 0.717) is 24.1 Å². The first kappa shape index (κ1) is 24.6. The lowest BCUT2D eigenvalue weighted by molar-refractivity contribution is -0.127. The van der Waals surface area contributed by atoms with Gasteiger partial charge in [-0.05, 0) is 67.3 Å². The monoisotopic (exact) mass is 417 g/mol. The average molecular weight is 418 g/mol. The van der Waals surface area contributed by atoms with Gasteiger partial charge in [-0.3, -0.25) is 4.79 Å². The molecule has 0 aromatic rings. The molecule has 4 heteroatoms. The van der Waals surface area contributed by atoms with Crippen LogP contribution in [0.15, 0.2) is 37.3 Å². The molecule has 170 valence electrons. The molecule has 1 amide bonds. The Morgan fingerprint density at radius 2 is 1.70 bits per heavy atom. The number of carbonyl (C=O) groups excluding carboxylic acids is 1. The van der Waals surface area contributed by atoms with Crippen molar-refractivity contribution in [1.29, 1.82) is 0 Å². The van der Waals surface area contributed by atoms with Crippen LogP contribution in [0.25, 0.3) is 0 Å². The molecular formula is C26H43NO3. The van der Waals surface area contributed by atoms with E-state index in [1.54, 1.807) is 17.9 Å². The fourth-order valence-electron chi connectivity index (χ4n) is 5.68. The zero-order chi connectivity index (χ0) is 22.3. The summed E-state index contributed by atoms with van der Waals surface area (Å²) in [6, 6.07) is 0. The molecule has 0 saturated heterocycles. The van der Waals surface area contributed by atoms with Gasteiger partial charge in [0, 0.05) is 26.9 Å². The van der Waals surface area contributed by atoms with E-state index in [2.05, 4.69) is 33.6 Å². The van der Waals surface area contributed by atoms with Gasteiger partial charge < -0.3 is 14.4 Å². The van der Waals surface area contributed by atoms with Gasteiger partial charge in [-0.1, -0.05) is 40.0 Å². The third kappa shape index (κ3) is 6.39. The van der Waals surface area contributed by atoms with E-state index in [9.17, 15) is 4.79 Å². The zero-order valence-corrected chi connectivity index (χ0v) is 19.7. The molecule has 3 aliphatic rings. The molecule has 0 aliphatic heterocycles. The van der Waals surface area contributed by atoms with Crippen LogP contribution in [0.2, 0.25) is 0 Å². The molecule has 4 nitrogen and oxygen atoms in total. The van der Waals surface area contributed by atoms with Crippen LogP contribution in [0.1, 0.15) is 59.3 Å². The van der Waals surface area contributed by atoms with Crippen molar-refractivity contribution in [2.24, 2.45) is 35.5 Å². The van der Waals surface area contributed by atoms with E-state index in [1.165, 1.54) is 32.1 Å². The van der Waals surface area contributed by atoms with E-state index in [1.807, 2.05) is 7.05 Å². The van der Waals surface area contributed by atoms with Crippen LogP contribution in [0.4, 0.5) is 0 Å². The van der Waals surface area contributed by atoms with Crippen LogP contribution in [0.3, 0.4) is 0 Å². The van der Waals surface area contributed by atoms with Gasteiger partial charge in [0.1, 0.15) is 5.76 Å². The normalized spacial score (nSPS) is 30.7. The molecule has 0 spiro atoms. The van der Waals surface area contributed by atoms with E-state index >= 15 is 0 Å². The molecule has 0 heterocycles. The lowest BCUT2D eigenvalue weighted by atomic mass is 9.76. The Kier molecular flexibility index (Phi) is 9.51. The quantitative estimate of drug-likeness (QED) is 0.332. The van der Waals surface area contributed by atoms with E-state index in [0.717, 1.165) is 49.1 Å². The minimum atomic E-state index is 0.0818. The molecular weight excluding hydrogens is 374 g/mol. The SMILES string of the molecule is C=CC(=C)OCC1CC2C3CC(COC(=C)CCN(C)C(C)=O)C(C3)C2C1.CCC. The number of carbonyl (C=O) groups is 1. The van der Waals surface area contributed by atoms with Gasteiger partial charge in [0.25, 0.3) is 0 Å². The first-order chi connectivity index (χ1) is 14.3. The van der Waals surface area contributed by atoms with Crippen molar-refractivity contribution in [2.75, 3.05) is 26.8 Å². The van der Waals surface area contributed by atoms with Gasteiger partial charge in [-0.25, -0.2) is 0 Å². The number of hydrogen-bond acceptors (Lipinski definition) is 3. The molecule has 3 saturated carbocycles. The summed E-state index contributed by atoms with van der Waals surface area (Å²) >= 11 is 0. The Labute approximate surface area is 184 Å². The fourth-order valence-corrected chi connectivity index (χ4v) is 5.68. The number of hydrogen-bond donors (Lipinski definition) is 0. The van der Waals surface area contributed by atoms with Crippen LogP contribution < -0.4 is 0 Å². The Morgan fingerprint density at radius 3 is 2.33 bits per heavy atom. The highest BCUT2D eigenvalue weighted by atomic mass is 16.5. The summed E-state index contributed by atoms with van der Waals surface area (Å²) in [5, 5.41) is 0. The largest absolute Gasteiger partial charge is 0.498 e. The summed E-state index contributed by atoms with van der Waals surface area (Å²) < 4.78 is 11.7. The maximum absolute atomic E-state index is 11.3. The Balaban J connectivity index is 0.00000101. The molecule has 0 aromatic carbocycles. The van der Waals surface area contributed by atoms with Crippen LogP contribution in [-0.2, 0) is 14.3 Å². The van der Waals surface area contributed by atoms with Gasteiger partial charge in [0.05, 0.1) is 19.0 Å². The highest BCUT2D eigenvalue weighted by Crippen LogP contribution is 2.62. The third-order valence-electron chi connectivity index (χ3n) is 7.20. The standard InChI is InChI=1S/C23H35NO3.C3H8/c1-6-15(2)26-13-18-9-21-19-11-20(22(12-19)23(21)10-18)14-27-16(3)7-8-24(5)17(4)25;1-3-2/h6,18-23H,1-3,7-14H2,4-5H3;3H2,1-2H3. The molecule has 6 unspecified atom stereocenters. The molecule has 6 atom stereocenters. The predicted octanol–water partition coefficient (Wildman–Crippen LogP) is 5.82. The molecule has 0 N–H and O–H groups in total. The minimum Gasteiger partial charge on any atom is -0.498 e. The van der Waals surface area contributed by atoms with E-state index in [4.69, 9.17) is 9.47 Å². The summed E-state index contributed by atoms with van der Waals surface area (Å²) in [5.74, 6) is 6.33. The zero-order valence-electron chi connectivity index (χ0n) is 19.7. The summed E-state index contributed by atoms with van der Waals surface area (Å²) in [7, 11) is 1.82. The second kappa shape index (κ2) is 11.6. The molecule has 0 aromatic heterocycles. The van der Waals surface area contributed by atoms with Crippen molar-refractivity contribution in [2.45, 2.75) is 59.3 Å². The Bertz CT molecular complexity index is 613. The molecule has 0 radical (unpaired) electrons. The summed E-state index contributed by atoms with van der Waals surface area (Å²) in [6.45, 7) is 19.7. The Morgan fingerprint density at radius 1 is 1.03 bits per heavy atom. The van der Waals surface area contributed by atoms with Crippen LogP contribution in [0, 0.1) is 35.5 Å². The lowest BCUT2D eigenvalue weighted by Gasteiger charge is -2.31. The number of nitrogens with zero attached hydrogens (tertiary/aromatic N) is 1. The van der Waals surface area contributed by atoms with Crippen molar-refractivity contribution >= 4 is 5.91 Å². The number of amides is 1. The topological polar surface area (TPSA) is 38.8 Å². The molecule has 30 heavy (non-hydrogen) atoms. The maximum atomic E-state index is 11.3. The predicted molar refractivity (Wildman–Crippen MR) is 124 cm³/mol. The van der Waals surface area contributed by atoms with E-state index in [-0.39, 0.29) is 5.91 Å². The second-order valence-electron chi connectivity index (χ2n) is 9.55. The van der Waals surface area contributed by atoms with Gasteiger partial charge in [-0.15, -0.1) is 0 Å². The fraction of sp³-hybridized carbons (Fsp3) is 0.731. The molecule has 2 bridgehead atoms. The minimum absolute atomic E-state index is 0.0818. The third-order valence-corrected chi connectivity index (χ3v) is 7.20. The highest BCUT2D eigenvalue weighted by Gasteiger charge is 2.55. The van der Waals surface area contributed by atoms with Crippen molar-refractivity contribution in [3.05, 3.63) is 37.3 Å². The van der Waals surface area contributed by atoms with Crippen LogP contribution >= 0.6 is 0 Å². The Hall–Kier alpha value is -1.71. The molecule has 3 aliphatic carbocycles. The van der Waals surface area contributed by atoms with Gasteiger partial charge in [0.15, 0.2) is 0 Å². The first-order valence-corrected chi connectivity index (χ1v) is 11.8. The smallest absolute Gasteiger partial charge is 0.219 e. The number of rotatable bonds is 10. The van der Waals surface area contributed by atoms with Crippen molar-refractivity contribution in [3.8, 4) is 0 Å². The van der Waals surface area contributed by atoms with Crippen molar-refractivity contribution in [1.82, 2.24) is 4.90 Å². The molecule has 3 fully saturated rings. The van der Waals surface area contributed by atoms with Gasteiger partial charge in [-0.2, -0.15) is 0 Å². The number of allylic oxidation sites excluding steroid dienone is 1. The van der Waals surface area contributed by atoms with Crippen LogP contribution in [-0.4, -0.2) is 37.6 Å². The first-order valence-electron chi connectivity index (χ1n) is 11.8. The summed E-state index contributed by atoms with van der Waals surface area (Å²) in [5.41, 5.74) is 0. The maximum Gasteiger partial charge on any atom is 0.219 e. The van der Waals surface area contributed by atoms with Crippen LogP contribution in [0.5, 0.6) is 0 Å². The highest BCUT2D eigenvalue weighted by molar-refractivity contribution is 5.72. The second-order valence-corrected chi connectivity index (χ2v) is 9.55. The van der Waals surface area contributed by atoms with Crippen molar-refractivity contribution in [3.63, 3.8) is 0 Å².